The molecule has 12 amide bonds. The van der Waals surface area contributed by atoms with Crippen molar-refractivity contribution < 1.29 is 72.9 Å². The zero-order chi connectivity index (χ0) is 57.1. The molecule has 1 aromatic rings. The van der Waals surface area contributed by atoms with Crippen LogP contribution in [0.2, 0.25) is 0 Å². The number of aliphatic hydroxyl groups excluding tert-OH is 3. The quantitative estimate of drug-likeness (QED) is 0.0301. The molecule has 0 saturated carbocycles. The highest BCUT2D eigenvalue weighted by Crippen LogP contribution is 2.16. The number of primary amides is 3. The molecule has 19 N–H and O–H groups in total. The minimum absolute atomic E-state index is 0.0458. The largest absolute Gasteiger partial charge is 0.394 e. The number of benzene rings is 1. The first-order valence-corrected chi connectivity index (χ1v) is 24.4. The Labute approximate surface area is 434 Å². The number of carbonyl (C=O) groups is 12. The summed E-state index contributed by atoms with van der Waals surface area (Å²) in [5.41, 5.74) is 21.9. The average Bonchev–Trinajstić information content (AvgIpc) is 3.35. The molecule has 0 aliphatic carbocycles. The van der Waals surface area contributed by atoms with Crippen molar-refractivity contribution in [2.75, 3.05) is 32.9 Å². The molecule has 0 radical (unpaired) electrons. The summed E-state index contributed by atoms with van der Waals surface area (Å²) in [5.74, 6) is -12.5. The van der Waals surface area contributed by atoms with Crippen LogP contribution in [0, 0.1) is 11.8 Å². The van der Waals surface area contributed by atoms with Gasteiger partial charge in [-0.15, -0.1) is 0 Å². The van der Waals surface area contributed by atoms with Gasteiger partial charge >= 0.3 is 0 Å². The van der Waals surface area contributed by atoms with Gasteiger partial charge in [0.2, 0.25) is 70.9 Å². The fraction of sp³-hybridized carbons (Fsp3) is 0.617. The predicted molar refractivity (Wildman–Crippen MR) is 268 cm³/mol. The molecule has 1 aromatic carbocycles. The second-order valence-corrected chi connectivity index (χ2v) is 18.3. The van der Waals surface area contributed by atoms with E-state index in [1.807, 2.05) is 6.92 Å². The minimum Gasteiger partial charge on any atom is -0.394 e. The van der Waals surface area contributed by atoms with E-state index in [-0.39, 0.29) is 25.3 Å². The number of carbonyl (C=O) groups excluding carboxylic acids is 12. The molecule has 28 nitrogen and oxygen atoms in total. The summed E-state index contributed by atoms with van der Waals surface area (Å²) in [7, 11) is 0. The summed E-state index contributed by atoms with van der Waals surface area (Å²) in [5, 5.41) is 48.1. The first-order chi connectivity index (χ1) is 35.2. The molecule has 0 heterocycles. The highest BCUT2D eigenvalue weighted by molar-refractivity contribution is 5.99. The van der Waals surface area contributed by atoms with Crippen LogP contribution in [0.1, 0.15) is 85.6 Å². The smallest absolute Gasteiger partial charge is 0.245 e. The molecule has 0 saturated heterocycles. The summed E-state index contributed by atoms with van der Waals surface area (Å²) in [4.78, 5) is 158. The topological polar surface area (TPSA) is 469 Å². The number of aliphatic hydroxyl groups is 3. The lowest BCUT2D eigenvalue weighted by Gasteiger charge is -2.35. The van der Waals surface area contributed by atoms with Crippen LogP contribution in [-0.2, 0) is 64.0 Å². The summed E-state index contributed by atoms with van der Waals surface area (Å²) in [6.45, 7) is 6.70. The third-order valence-electron chi connectivity index (χ3n) is 11.6. The number of hydrogen-bond donors (Lipinski definition) is 15. The number of nitrogens with two attached hydrogens (primary N) is 4. The Hall–Kier alpha value is -7.30. The van der Waals surface area contributed by atoms with Crippen LogP contribution in [-0.4, -0.2) is 178 Å². The molecule has 0 fully saturated rings. The maximum atomic E-state index is 14.3. The van der Waals surface area contributed by atoms with Crippen LogP contribution < -0.4 is 65.5 Å². The average molecular weight is 1060 g/mol. The molecule has 75 heavy (non-hydrogen) atoms. The fourth-order valence-corrected chi connectivity index (χ4v) is 7.12. The lowest BCUT2D eigenvalue weighted by atomic mass is 9.96. The van der Waals surface area contributed by atoms with Gasteiger partial charge < -0.3 is 85.7 Å². The van der Waals surface area contributed by atoms with E-state index < -0.39 is 170 Å². The minimum atomic E-state index is -1.79. The van der Waals surface area contributed by atoms with E-state index >= 15 is 0 Å². The fourth-order valence-electron chi connectivity index (χ4n) is 7.12. The normalized spacial score (nSPS) is 15.0. The standard InChI is InChI=1S/C47H77N13O15/c1-7-9-15-60(34(23-63)45(73)58-33(22-62)39(51)67)47(75)32(16-24(3)4)57-46(74)38(25(5)8-2)59-40(68)26(6)53-37(66)20-52-42(70)29(17-27-13-11-10-12-14-27)55-44(72)31(19-36(50)65)56-43(71)30(18-35(49)64)54-41(69)28(48)21-61/h10-14,24-26,28-34,38,61-63H,7-9,15-23,48H2,1-6H3,(H2,49,64)(H2,50,65)(H2,51,67)(H,52,70)(H,53,66)(H,54,69)(H,55,72)(H,56,71)(H,57,74)(H,58,73)(H,59,68)/t25-,26-,28-,29-,30-,31-,32-,33-,34-,38-/m0/s1. The number of nitrogens with zero attached hydrogens (tertiary/aromatic N) is 1. The summed E-state index contributed by atoms with van der Waals surface area (Å²) in [6.07, 6.45) is -0.493. The predicted octanol–water partition coefficient (Wildman–Crippen LogP) is -6.61. The van der Waals surface area contributed by atoms with Gasteiger partial charge in [-0.25, -0.2) is 0 Å². The number of unbranched alkanes of at least 4 members (excludes halogenated alkanes) is 1. The maximum absolute atomic E-state index is 14.3. The second-order valence-electron chi connectivity index (χ2n) is 18.3. The van der Waals surface area contributed by atoms with Crippen molar-refractivity contribution in [2.45, 2.75) is 141 Å². The van der Waals surface area contributed by atoms with Crippen molar-refractivity contribution in [2.24, 2.45) is 34.8 Å². The third-order valence-corrected chi connectivity index (χ3v) is 11.6. The van der Waals surface area contributed by atoms with Gasteiger partial charge in [0.15, 0.2) is 0 Å². The van der Waals surface area contributed by atoms with Gasteiger partial charge in [0.1, 0.15) is 54.4 Å². The molecule has 0 aliphatic heterocycles. The molecule has 0 bridgehead atoms. The van der Waals surface area contributed by atoms with Gasteiger partial charge in [0.25, 0.3) is 0 Å². The van der Waals surface area contributed by atoms with Crippen molar-refractivity contribution in [1.82, 2.24) is 47.4 Å². The Morgan fingerprint density at radius 2 is 1.12 bits per heavy atom. The van der Waals surface area contributed by atoms with E-state index in [2.05, 4.69) is 42.5 Å². The first-order valence-electron chi connectivity index (χ1n) is 24.4. The summed E-state index contributed by atoms with van der Waals surface area (Å²) >= 11 is 0. The van der Waals surface area contributed by atoms with Gasteiger partial charge in [0, 0.05) is 13.0 Å². The molecule has 420 valence electrons. The lowest BCUT2D eigenvalue weighted by Crippen LogP contribution is -2.62. The van der Waals surface area contributed by atoms with E-state index in [1.54, 1.807) is 58.0 Å². The first kappa shape index (κ1) is 65.7. The Kier molecular flexibility index (Phi) is 29.4. The zero-order valence-electron chi connectivity index (χ0n) is 43.2. The van der Waals surface area contributed by atoms with Crippen molar-refractivity contribution in [3.8, 4) is 0 Å². The van der Waals surface area contributed by atoms with E-state index in [1.165, 1.54) is 6.92 Å². The van der Waals surface area contributed by atoms with Crippen molar-refractivity contribution in [3.63, 3.8) is 0 Å². The molecule has 28 heteroatoms. The summed E-state index contributed by atoms with van der Waals surface area (Å²) < 4.78 is 0. The Balaban J connectivity index is 3.31. The maximum Gasteiger partial charge on any atom is 0.245 e. The molecule has 0 aliphatic rings. The van der Waals surface area contributed by atoms with Crippen molar-refractivity contribution in [1.29, 1.82) is 0 Å². The number of nitrogens with one attached hydrogen (secondary N) is 8. The molecule has 1 rings (SSSR count). The van der Waals surface area contributed by atoms with Gasteiger partial charge in [-0.05, 0) is 37.2 Å². The Morgan fingerprint density at radius 1 is 0.587 bits per heavy atom. The lowest BCUT2D eigenvalue weighted by molar-refractivity contribution is -0.146. The van der Waals surface area contributed by atoms with Crippen LogP contribution in [0.4, 0.5) is 0 Å². The van der Waals surface area contributed by atoms with Crippen molar-refractivity contribution in [3.05, 3.63) is 35.9 Å². The van der Waals surface area contributed by atoms with E-state index in [0.29, 0.717) is 24.8 Å². The zero-order valence-corrected chi connectivity index (χ0v) is 43.2. The van der Waals surface area contributed by atoms with Gasteiger partial charge in [-0.3, -0.25) is 57.5 Å². The van der Waals surface area contributed by atoms with E-state index in [9.17, 15) is 72.9 Å². The Bertz CT molecular complexity index is 2130. The van der Waals surface area contributed by atoms with Crippen LogP contribution in [0.5, 0.6) is 0 Å². The number of hydrogen-bond acceptors (Lipinski definition) is 16. The highest BCUT2D eigenvalue weighted by Gasteiger charge is 2.38. The SMILES string of the molecule is CCCCN(C(=O)[C@H](CC(C)C)NC(=O)[C@@H](NC(=O)[C@H](C)NC(=O)CNC(=O)[C@H](Cc1ccccc1)NC(=O)[C@H](CC(N)=O)NC(=O)[C@H](CC(N)=O)NC(=O)[C@@H](N)CO)[C@@H](C)CC)[C@@H](CO)C(=O)N[C@@H](CO)C(N)=O. The molecular formula is C47H77N13O15. The highest BCUT2D eigenvalue weighted by atomic mass is 16.3. The molecule has 0 spiro atoms. The van der Waals surface area contributed by atoms with E-state index in [0.717, 1.165) is 4.90 Å². The van der Waals surface area contributed by atoms with E-state index in [4.69, 9.17) is 22.9 Å². The van der Waals surface area contributed by atoms with Gasteiger partial charge in [-0.2, -0.15) is 0 Å². The summed E-state index contributed by atoms with van der Waals surface area (Å²) in [6, 6.07) is -5.27. The Morgan fingerprint density at radius 3 is 1.60 bits per heavy atom. The van der Waals surface area contributed by atoms with Crippen LogP contribution in [0.25, 0.3) is 0 Å². The van der Waals surface area contributed by atoms with Crippen LogP contribution >= 0.6 is 0 Å². The van der Waals surface area contributed by atoms with Gasteiger partial charge in [-0.1, -0.05) is 77.8 Å². The number of rotatable bonds is 35. The molecule has 10 atom stereocenters. The molecule has 0 unspecified atom stereocenters. The monoisotopic (exact) mass is 1060 g/mol. The van der Waals surface area contributed by atoms with Crippen LogP contribution in [0.3, 0.4) is 0 Å². The van der Waals surface area contributed by atoms with Crippen molar-refractivity contribution >= 4 is 70.9 Å². The number of amides is 12. The third kappa shape index (κ3) is 23.2. The second kappa shape index (κ2) is 33.5. The van der Waals surface area contributed by atoms with Crippen LogP contribution in [0.15, 0.2) is 30.3 Å². The van der Waals surface area contributed by atoms with Gasteiger partial charge in [0.05, 0.1) is 39.2 Å². The molecule has 0 aromatic heterocycles. The molecular weight excluding hydrogens is 987 g/mol.